The van der Waals surface area contributed by atoms with Gasteiger partial charge >= 0.3 is 5.97 Å². The van der Waals surface area contributed by atoms with Crippen molar-refractivity contribution in [1.82, 2.24) is 4.90 Å². The van der Waals surface area contributed by atoms with Crippen molar-refractivity contribution in [2.75, 3.05) is 13.6 Å². The van der Waals surface area contributed by atoms with Crippen molar-refractivity contribution in [1.29, 1.82) is 0 Å². The molecule has 0 radical (unpaired) electrons. The van der Waals surface area contributed by atoms with Crippen molar-refractivity contribution in [3.8, 4) is 0 Å². The second-order valence-electron chi connectivity index (χ2n) is 5.86. The molecular weight excluding hydrogens is 214 g/mol. The lowest BCUT2D eigenvalue weighted by atomic mass is 9.81. The van der Waals surface area contributed by atoms with Crippen LogP contribution in [0.4, 0.5) is 0 Å². The lowest BCUT2D eigenvalue weighted by Gasteiger charge is -2.40. The van der Waals surface area contributed by atoms with Gasteiger partial charge in [0.15, 0.2) is 0 Å². The molecule has 0 amide bonds. The first-order valence-electron chi connectivity index (χ1n) is 7.11. The first-order chi connectivity index (χ1) is 8.18. The van der Waals surface area contributed by atoms with E-state index in [1.165, 1.54) is 38.5 Å². The lowest BCUT2D eigenvalue weighted by Crippen LogP contribution is -2.45. The topological polar surface area (TPSA) is 40.5 Å². The molecule has 0 aromatic heterocycles. The molecule has 1 heterocycles. The van der Waals surface area contributed by atoms with Gasteiger partial charge in [-0.2, -0.15) is 0 Å². The van der Waals surface area contributed by atoms with E-state index >= 15 is 0 Å². The van der Waals surface area contributed by atoms with Crippen LogP contribution in [-0.2, 0) is 4.79 Å². The van der Waals surface area contributed by atoms with E-state index in [0.29, 0.717) is 6.04 Å². The van der Waals surface area contributed by atoms with Crippen molar-refractivity contribution in [3.05, 3.63) is 0 Å². The molecule has 2 rings (SSSR count). The minimum Gasteiger partial charge on any atom is -0.481 e. The molecule has 0 aromatic rings. The monoisotopic (exact) mass is 239 g/mol. The van der Waals surface area contributed by atoms with E-state index in [0.717, 1.165) is 25.3 Å². The molecule has 17 heavy (non-hydrogen) atoms. The zero-order chi connectivity index (χ0) is 12.3. The highest BCUT2D eigenvalue weighted by atomic mass is 16.4. The van der Waals surface area contributed by atoms with E-state index in [2.05, 4.69) is 11.9 Å². The van der Waals surface area contributed by atoms with Crippen molar-refractivity contribution in [2.24, 2.45) is 11.8 Å². The van der Waals surface area contributed by atoms with E-state index in [-0.39, 0.29) is 5.92 Å². The Bertz CT molecular complexity index is 259. The molecule has 1 saturated carbocycles. The van der Waals surface area contributed by atoms with Crippen LogP contribution in [0.2, 0.25) is 0 Å². The zero-order valence-electron chi connectivity index (χ0n) is 10.9. The van der Waals surface area contributed by atoms with Crippen LogP contribution in [0.3, 0.4) is 0 Å². The molecule has 2 unspecified atom stereocenters. The molecule has 3 nitrogen and oxygen atoms in total. The van der Waals surface area contributed by atoms with Gasteiger partial charge in [-0.1, -0.05) is 25.7 Å². The molecule has 0 bridgehead atoms. The quantitative estimate of drug-likeness (QED) is 0.753. The Kier molecular flexibility index (Phi) is 4.43. The van der Waals surface area contributed by atoms with Gasteiger partial charge in [-0.15, -0.1) is 0 Å². The van der Waals surface area contributed by atoms with Gasteiger partial charge in [-0.3, -0.25) is 4.79 Å². The average molecular weight is 239 g/mol. The summed E-state index contributed by atoms with van der Waals surface area (Å²) in [5.41, 5.74) is 0. The number of likely N-dealkylation sites (tertiary alicyclic amines) is 1. The summed E-state index contributed by atoms with van der Waals surface area (Å²) in [5.74, 6) is 0.0563. The first kappa shape index (κ1) is 12.9. The van der Waals surface area contributed by atoms with Crippen LogP contribution in [0.15, 0.2) is 0 Å². The summed E-state index contributed by atoms with van der Waals surface area (Å²) < 4.78 is 0. The number of rotatable bonds is 2. The van der Waals surface area contributed by atoms with Crippen molar-refractivity contribution < 1.29 is 9.90 Å². The number of piperidine rings is 1. The number of carbonyl (C=O) groups is 1. The summed E-state index contributed by atoms with van der Waals surface area (Å²) in [5, 5.41) is 9.18. The van der Waals surface area contributed by atoms with Gasteiger partial charge in [0, 0.05) is 6.04 Å². The molecule has 2 aliphatic rings. The van der Waals surface area contributed by atoms with Crippen LogP contribution in [0.25, 0.3) is 0 Å². The normalized spacial score (nSPS) is 33.2. The highest BCUT2D eigenvalue weighted by molar-refractivity contribution is 5.70. The SMILES string of the molecule is CN1CCC(C(=O)O)CC1C1CCCCCC1. The summed E-state index contributed by atoms with van der Waals surface area (Å²) in [7, 11) is 2.17. The highest BCUT2D eigenvalue weighted by Gasteiger charge is 2.34. The third kappa shape index (κ3) is 3.21. The van der Waals surface area contributed by atoms with Crippen molar-refractivity contribution >= 4 is 5.97 Å². The average Bonchev–Trinajstić information content (AvgIpc) is 2.58. The fourth-order valence-electron chi connectivity index (χ4n) is 3.59. The van der Waals surface area contributed by atoms with Crippen molar-refractivity contribution in [3.63, 3.8) is 0 Å². The van der Waals surface area contributed by atoms with Crippen LogP contribution < -0.4 is 0 Å². The Balaban J connectivity index is 1.98. The predicted molar refractivity (Wildman–Crippen MR) is 68.0 cm³/mol. The fraction of sp³-hybridized carbons (Fsp3) is 0.929. The van der Waals surface area contributed by atoms with Gasteiger partial charge in [-0.25, -0.2) is 0 Å². The number of hydrogen-bond donors (Lipinski definition) is 1. The minimum absolute atomic E-state index is 0.0977. The summed E-state index contributed by atoms with van der Waals surface area (Å²) in [6, 6.07) is 0.517. The Morgan fingerprint density at radius 1 is 1.12 bits per heavy atom. The molecule has 98 valence electrons. The lowest BCUT2D eigenvalue weighted by molar-refractivity contribution is -0.144. The van der Waals surface area contributed by atoms with E-state index in [1.54, 1.807) is 0 Å². The summed E-state index contributed by atoms with van der Waals surface area (Å²) in [6.45, 7) is 0.956. The second kappa shape index (κ2) is 5.85. The molecule has 1 saturated heterocycles. The number of nitrogens with zero attached hydrogens (tertiary/aromatic N) is 1. The van der Waals surface area contributed by atoms with Gasteiger partial charge in [0.1, 0.15) is 0 Å². The Morgan fingerprint density at radius 3 is 2.35 bits per heavy atom. The van der Waals surface area contributed by atoms with Crippen LogP contribution in [0.1, 0.15) is 51.4 Å². The molecule has 1 aliphatic heterocycles. The molecule has 1 aliphatic carbocycles. The van der Waals surface area contributed by atoms with Gasteiger partial charge < -0.3 is 10.0 Å². The Labute approximate surface area is 104 Å². The van der Waals surface area contributed by atoms with Crippen LogP contribution in [0, 0.1) is 11.8 Å². The van der Waals surface area contributed by atoms with Gasteiger partial charge in [-0.05, 0) is 45.2 Å². The van der Waals surface area contributed by atoms with E-state index < -0.39 is 5.97 Å². The third-order valence-corrected chi connectivity index (χ3v) is 4.72. The fourth-order valence-corrected chi connectivity index (χ4v) is 3.59. The third-order valence-electron chi connectivity index (χ3n) is 4.72. The van der Waals surface area contributed by atoms with E-state index in [9.17, 15) is 9.90 Å². The number of carboxylic acids is 1. The highest BCUT2D eigenvalue weighted by Crippen LogP contribution is 2.34. The summed E-state index contributed by atoms with van der Waals surface area (Å²) >= 11 is 0. The predicted octanol–water partition coefficient (Wildman–Crippen LogP) is 2.75. The van der Waals surface area contributed by atoms with Crippen molar-refractivity contribution in [2.45, 2.75) is 57.4 Å². The van der Waals surface area contributed by atoms with Crippen LogP contribution >= 0.6 is 0 Å². The van der Waals surface area contributed by atoms with Gasteiger partial charge in [0.2, 0.25) is 0 Å². The molecule has 0 spiro atoms. The van der Waals surface area contributed by atoms with Crippen LogP contribution in [-0.4, -0.2) is 35.6 Å². The largest absolute Gasteiger partial charge is 0.481 e. The van der Waals surface area contributed by atoms with Gasteiger partial charge in [0.25, 0.3) is 0 Å². The number of carboxylic acid groups (broad SMARTS) is 1. The Morgan fingerprint density at radius 2 is 1.76 bits per heavy atom. The Hall–Kier alpha value is -0.570. The molecule has 0 aromatic carbocycles. The minimum atomic E-state index is -0.586. The smallest absolute Gasteiger partial charge is 0.306 e. The molecule has 2 fully saturated rings. The van der Waals surface area contributed by atoms with Crippen LogP contribution in [0.5, 0.6) is 0 Å². The first-order valence-corrected chi connectivity index (χ1v) is 7.11. The molecule has 2 atom stereocenters. The molecular formula is C14H25NO2. The maximum absolute atomic E-state index is 11.1. The number of hydrogen-bond acceptors (Lipinski definition) is 2. The maximum atomic E-state index is 11.1. The second-order valence-corrected chi connectivity index (χ2v) is 5.86. The number of aliphatic carboxylic acids is 1. The maximum Gasteiger partial charge on any atom is 0.306 e. The summed E-state index contributed by atoms with van der Waals surface area (Å²) in [6.07, 6.45) is 9.73. The molecule has 1 N–H and O–H groups in total. The van der Waals surface area contributed by atoms with E-state index in [4.69, 9.17) is 0 Å². The zero-order valence-corrected chi connectivity index (χ0v) is 10.9. The van der Waals surface area contributed by atoms with E-state index in [1.807, 2.05) is 0 Å². The van der Waals surface area contributed by atoms with Gasteiger partial charge in [0.05, 0.1) is 5.92 Å². The standard InChI is InChI=1S/C14H25NO2/c1-15-9-8-12(14(16)17)10-13(15)11-6-4-2-3-5-7-11/h11-13H,2-10H2,1H3,(H,16,17). The molecule has 3 heteroatoms. The summed E-state index contributed by atoms with van der Waals surface area (Å²) in [4.78, 5) is 13.6.